The quantitative estimate of drug-likeness (QED) is 0.661. The van der Waals surface area contributed by atoms with Gasteiger partial charge in [0.15, 0.2) is 0 Å². The van der Waals surface area contributed by atoms with Gasteiger partial charge in [-0.1, -0.05) is 12.8 Å². The Labute approximate surface area is 182 Å². The lowest BCUT2D eigenvalue weighted by Gasteiger charge is -2.35. The Morgan fingerprint density at radius 3 is 2.35 bits per heavy atom. The van der Waals surface area contributed by atoms with Gasteiger partial charge in [-0.2, -0.15) is 0 Å². The van der Waals surface area contributed by atoms with E-state index in [0.717, 1.165) is 56.1 Å². The number of hydrogen-bond acceptors (Lipinski definition) is 6. The number of pyridine rings is 1. The first-order chi connectivity index (χ1) is 15.0. The van der Waals surface area contributed by atoms with Crippen molar-refractivity contribution in [2.45, 2.75) is 38.6 Å². The second-order valence-corrected chi connectivity index (χ2v) is 8.27. The standard InChI is InChI=1S/C23H30N6O2/c1-16(30)28-10-12-29(13-11-28)19-8-6-18(7-9-19)27-22-14-21(20(15-25-22)23(24)31)26-17-4-2-3-5-17/h6-9,14-15,17H,2-5,10-13H2,1H3,(H2,24,31)(H2,25,26,27). The van der Waals surface area contributed by atoms with Crippen LogP contribution in [-0.2, 0) is 4.79 Å². The highest BCUT2D eigenvalue weighted by Crippen LogP contribution is 2.27. The number of piperazine rings is 1. The number of benzene rings is 1. The van der Waals surface area contributed by atoms with Crippen LogP contribution >= 0.6 is 0 Å². The molecule has 1 saturated carbocycles. The van der Waals surface area contributed by atoms with Crippen molar-refractivity contribution in [3.05, 3.63) is 42.1 Å². The van der Waals surface area contributed by atoms with E-state index in [1.54, 1.807) is 6.92 Å². The first kappa shape index (κ1) is 21.0. The summed E-state index contributed by atoms with van der Waals surface area (Å²) in [5.41, 5.74) is 8.73. The Morgan fingerprint density at radius 2 is 1.74 bits per heavy atom. The highest BCUT2D eigenvalue weighted by Gasteiger charge is 2.20. The van der Waals surface area contributed by atoms with Crippen LogP contribution in [-0.4, -0.2) is 53.9 Å². The largest absolute Gasteiger partial charge is 0.382 e. The SMILES string of the molecule is CC(=O)N1CCN(c2ccc(Nc3cc(NC4CCCC4)c(C(N)=O)cn3)cc2)CC1. The van der Waals surface area contributed by atoms with Crippen molar-refractivity contribution in [2.75, 3.05) is 41.7 Å². The lowest BCUT2D eigenvalue weighted by molar-refractivity contribution is -0.129. The van der Waals surface area contributed by atoms with Crippen LogP contribution in [0.4, 0.5) is 22.9 Å². The molecule has 1 aliphatic heterocycles. The summed E-state index contributed by atoms with van der Waals surface area (Å²) in [6.45, 7) is 4.79. The molecule has 2 aliphatic rings. The Bertz CT molecular complexity index is 932. The summed E-state index contributed by atoms with van der Waals surface area (Å²) in [5.74, 6) is 0.318. The number of primary amides is 1. The number of carbonyl (C=O) groups excluding carboxylic acids is 2. The number of rotatable bonds is 6. The maximum atomic E-state index is 11.8. The second-order valence-electron chi connectivity index (χ2n) is 8.27. The lowest BCUT2D eigenvalue weighted by Crippen LogP contribution is -2.48. The maximum Gasteiger partial charge on any atom is 0.252 e. The van der Waals surface area contributed by atoms with Gasteiger partial charge in [0.05, 0.1) is 11.3 Å². The van der Waals surface area contributed by atoms with Crippen molar-refractivity contribution in [3.8, 4) is 0 Å². The summed E-state index contributed by atoms with van der Waals surface area (Å²) < 4.78 is 0. The van der Waals surface area contributed by atoms with Gasteiger partial charge in [-0.15, -0.1) is 0 Å². The van der Waals surface area contributed by atoms with Gasteiger partial charge in [-0.3, -0.25) is 9.59 Å². The number of nitrogens with two attached hydrogens (primary N) is 1. The third-order valence-corrected chi connectivity index (χ3v) is 6.11. The number of nitrogens with one attached hydrogen (secondary N) is 2. The van der Waals surface area contributed by atoms with Gasteiger partial charge in [0.25, 0.3) is 5.91 Å². The third kappa shape index (κ3) is 5.07. The monoisotopic (exact) mass is 422 g/mol. The zero-order valence-electron chi connectivity index (χ0n) is 17.9. The highest BCUT2D eigenvalue weighted by atomic mass is 16.2. The average molecular weight is 423 g/mol. The molecule has 1 aromatic heterocycles. The number of hydrogen-bond donors (Lipinski definition) is 3. The molecule has 2 aromatic rings. The fourth-order valence-corrected chi connectivity index (χ4v) is 4.31. The molecule has 1 aliphatic carbocycles. The molecular formula is C23H30N6O2. The normalized spacial score (nSPS) is 16.9. The molecule has 1 saturated heterocycles. The van der Waals surface area contributed by atoms with Gasteiger partial charge >= 0.3 is 0 Å². The number of carbonyl (C=O) groups is 2. The van der Waals surface area contributed by atoms with E-state index >= 15 is 0 Å². The van der Waals surface area contributed by atoms with E-state index in [1.807, 2.05) is 23.1 Å². The molecule has 8 nitrogen and oxygen atoms in total. The fourth-order valence-electron chi connectivity index (χ4n) is 4.31. The zero-order chi connectivity index (χ0) is 21.8. The van der Waals surface area contributed by atoms with E-state index < -0.39 is 5.91 Å². The van der Waals surface area contributed by atoms with Crippen LogP contribution in [0, 0.1) is 0 Å². The highest BCUT2D eigenvalue weighted by molar-refractivity contribution is 5.98. The van der Waals surface area contributed by atoms with Crippen LogP contribution in [0.3, 0.4) is 0 Å². The molecule has 31 heavy (non-hydrogen) atoms. The average Bonchev–Trinajstić information content (AvgIpc) is 3.27. The molecule has 4 N–H and O–H groups in total. The third-order valence-electron chi connectivity index (χ3n) is 6.11. The zero-order valence-corrected chi connectivity index (χ0v) is 17.9. The van der Waals surface area contributed by atoms with Crippen molar-refractivity contribution in [2.24, 2.45) is 5.73 Å². The number of nitrogens with zero attached hydrogens (tertiary/aromatic N) is 3. The summed E-state index contributed by atoms with van der Waals surface area (Å²) in [4.78, 5) is 31.8. The van der Waals surface area contributed by atoms with Gasteiger partial charge in [0, 0.05) is 62.8 Å². The number of anilines is 4. The van der Waals surface area contributed by atoms with Crippen molar-refractivity contribution < 1.29 is 9.59 Å². The van der Waals surface area contributed by atoms with Crippen LogP contribution in [0.2, 0.25) is 0 Å². The predicted molar refractivity (Wildman–Crippen MR) is 123 cm³/mol. The van der Waals surface area contributed by atoms with Crippen molar-refractivity contribution in [3.63, 3.8) is 0 Å². The van der Waals surface area contributed by atoms with Crippen molar-refractivity contribution >= 4 is 34.7 Å². The molecule has 8 heteroatoms. The molecule has 2 heterocycles. The van der Waals surface area contributed by atoms with Crippen molar-refractivity contribution in [1.82, 2.24) is 9.88 Å². The Balaban J connectivity index is 1.43. The van der Waals surface area contributed by atoms with Gasteiger partial charge in [-0.05, 0) is 37.1 Å². The topological polar surface area (TPSA) is 104 Å². The Morgan fingerprint density at radius 1 is 1.06 bits per heavy atom. The second kappa shape index (κ2) is 9.24. The molecule has 2 fully saturated rings. The van der Waals surface area contributed by atoms with Gasteiger partial charge in [-0.25, -0.2) is 4.98 Å². The molecule has 0 spiro atoms. The van der Waals surface area contributed by atoms with Crippen LogP contribution in [0.5, 0.6) is 0 Å². The lowest BCUT2D eigenvalue weighted by atomic mass is 10.1. The van der Waals surface area contributed by atoms with Crippen LogP contribution < -0.4 is 21.3 Å². The smallest absolute Gasteiger partial charge is 0.252 e. The molecule has 164 valence electrons. The minimum absolute atomic E-state index is 0.135. The summed E-state index contributed by atoms with van der Waals surface area (Å²) in [5, 5.41) is 6.78. The molecule has 1 aromatic carbocycles. The Hall–Kier alpha value is -3.29. The predicted octanol–water partition coefficient (Wildman–Crippen LogP) is 2.95. The Kier molecular flexibility index (Phi) is 6.25. The van der Waals surface area contributed by atoms with Gasteiger partial charge < -0.3 is 26.2 Å². The molecule has 0 atom stereocenters. The van der Waals surface area contributed by atoms with E-state index in [9.17, 15) is 9.59 Å². The molecule has 0 radical (unpaired) electrons. The van der Waals surface area contributed by atoms with Crippen LogP contribution in [0.1, 0.15) is 43.0 Å². The fraction of sp³-hybridized carbons (Fsp3) is 0.435. The number of amides is 2. The van der Waals surface area contributed by atoms with Crippen LogP contribution in [0.25, 0.3) is 0 Å². The summed E-state index contributed by atoms with van der Waals surface area (Å²) >= 11 is 0. The van der Waals surface area contributed by atoms with Crippen LogP contribution in [0.15, 0.2) is 36.5 Å². The minimum atomic E-state index is -0.478. The molecule has 2 amide bonds. The summed E-state index contributed by atoms with van der Waals surface area (Å²) in [7, 11) is 0. The van der Waals surface area contributed by atoms with E-state index in [-0.39, 0.29) is 5.91 Å². The van der Waals surface area contributed by atoms with E-state index in [1.165, 1.54) is 19.0 Å². The van der Waals surface area contributed by atoms with E-state index in [2.05, 4.69) is 32.7 Å². The van der Waals surface area contributed by atoms with E-state index in [4.69, 9.17) is 5.73 Å². The maximum absolute atomic E-state index is 11.8. The molecular weight excluding hydrogens is 392 g/mol. The van der Waals surface area contributed by atoms with Gasteiger partial charge in [0.2, 0.25) is 5.91 Å². The molecule has 4 rings (SSSR count). The van der Waals surface area contributed by atoms with Crippen molar-refractivity contribution in [1.29, 1.82) is 0 Å². The summed E-state index contributed by atoms with van der Waals surface area (Å²) in [6, 6.07) is 10.4. The van der Waals surface area contributed by atoms with E-state index in [0.29, 0.717) is 17.4 Å². The molecule has 0 unspecified atom stereocenters. The first-order valence-electron chi connectivity index (χ1n) is 10.9. The number of aromatic nitrogens is 1. The molecule has 0 bridgehead atoms. The van der Waals surface area contributed by atoms with Gasteiger partial charge in [0.1, 0.15) is 5.82 Å². The minimum Gasteiger partial charge on any atom is -0.382 e. The summed E-state index contributed by atoms with van der Waals surface area (Å²) in [6.07, 6.45) is 6.15. The first-order valence-corrected chi connectivity index (χ1v) is 10.9.